The van der Waals surface area contributed by atoms with Gasteiger partial charge in [-0.25, -0.2) is 4.79 Å². The average Bonchev–Trinajstić information content (AvgIpc) is 2.49. The predicted molar refractivity (Wildman–Crippen MR) is 93.5 cm³/mol. The van der Waals surface area contributed by atoms with Gasteiger partial charge in [0.15, 0.2) is 5.75 Å². The summed E-state index contributed by atoms with van der Waals surface area (Å²) in [4.78, 5) is 12.0. The molecule has 2 rings (SSSR count). The Bertz CT molecular complexity index is 677. The van der Waals surface area contributed by atoms with Gasteiger partial charge in [-0.15, -0.1) is 0 Å². The molecule has 0 aliphatic rings. The van der Waals surface area contributed by atoms with Crippen LogP contribution in [0, 0.1) is 0 Å². The van der Waals surface area contributed by atoms with Crippen LogP contribution in [0.2, 0.25) is 0 Å². The maximum atomic E-state index is 12.0. The van der Waals surface area contributed by atoms with E-state index in [1.807, 2.05) is 49.4 Å². The Morgan fingerprint density at radius 2 is 1.78 bits per heavy atom. The van der Waals surface area contributed by atoms with Crippen LogP contribution in [0.25, 0.3) is 0 Å². The molecule has 0 saturated carbocycles. The number of nitrogens with one attached hydrogen (secondary N) is 2. The molecule has 0 aliphatic carbocycles. The Labute approximate surface area is 138 Å². The molecular weight excluding hydrogens is 312 g/mol. The zero-order valence-electron chi connectivity index (χ0n) is 13.1. The van der Waals surface area contributed by atoms with Crippen LogP contribution in [0.1, 0.15) is 6.92 Å². The van der Waals surface area contributed by atoms with Crippen LogP contribution in [-0.2, 0) is 10.8 Å². The van der Waals surface area contributed by atoms with Gasteiger partial charge >= 0.3 is 6.03 Å². The molecule has 2 N–H and O–H groups in total. The molecule has 122 valence electrons. The number of ether oxygens (including phenoxy) is 1. The largest absolute Gasteiger partial charge is 0.455 e. The summed E-state index contributed by atoms with van der Waals surface area (Å²) < 4.78 is 17.0. The van der Waals surface area contributed by atoms with E-state index in [0.717, 1.165) is 0 Å². The summed E-state index contributed by atoms with van der Waals surface area (Å²) in [6, 6.07) is 16.0. The number of hydrogen-bond donors (Lipinski definition) is 2. The van der Waals surface area contributed by atoms with E-state index in [4.69, 9.17) is 4.74 Å². The predicted octanol–water partition coefficient (Wildman–Crippen LogP) is 3.37. The fraction of sp³-hybridized carbons (Fsp3) is 0.235. The van der Waals surface area contributed by atoms with Crippen LogP contribution in [0.15, 0.2) is 54.6 Å². The topological polar surface area (TPSA) is 67.4 Å². The molecule has 0 fully saturated rings. The van der Waals surface area contributed by atoms with Crippen molar-refractivity contribution in [2.24, 2.45) is 0 Å². The second-order valence-corrected chi connectivity index (χ2v) is 6.63. The van der Waals surface area contributed by atoms with Gasteiger partial charge in [0.25, 0.3) is 0 Å². The lowest BCUT2D eigenvalue weighted by Crippen LogP contribution is -2.39. The van der Waals surface area contributed by atoms with Crippen molar-refractivity contribution in [2.45, 2.75) is 13.0 Å². The second kappa shape index (κ2) is 8.33. The maximum Gasteiger partial charge on any atom is 0.319 e. The molecule has 6 heteroatoms. The van der Waals surface area contributed by atoms with E-state index in [-0.39, 0.29) is 12.1 Å². The maximum absolute atomic E-state index is 12.0. The minimum atomic E-state index is -0.957. The van der Waals surface area contributed by atoms with Gasteiger partial charge in [-0.2, -0.15) is 0 Å². The van der Waals surface area contributed by atoms with Crippen molar-refractivity contribution in [1.29, 1.82) is 0 Å². The summed E-state index contributed by atoms with van der Waals surface area (Å²) in [5.74, 6) is 1.66. The number of rotatable bonds is 6. The minimum absolute atomic E-state index is 0.178. The molecule has 0 aliphatic heterocycles. The van der Waals surface area contributed by atoms with Crippen molar-refractivity contribution in [3.05, 3.63) is 54.6 Å². The van der Waals surface area contributed by atoms with Crippen LogP contribution < -0.4 is 15.4 Å². The van der Waals surface area contributed by atoms with Crippen molar-refractivity contribution in [1.82, 2.24) is 5.32 Å². The van der Waals surface area contributed by atoms with E-state index in [1.54, 1.807) is 18.4 Å². The number of para-hydroxylation sites is 3. The fourth-order valence-electron chi connectivity index (χ4n) is 2.05. The Morgan fingerprint density at radius 1 is 1.13 bits per heavy atom. The van der Waals surface area contributed by atoms with E-state index in [0.29, 0.717) is 22.9 Å². The van der Waals surface area contributed by atoms with Crippen molar-refractivity contribution in [3.63, 3.8) is 0 Å². The molecule has 2 amide bonds. The highest BCUT2D eigenvalue weighted by Crippen LogP contribution is 2.28. The number of carbonyl (C=O) groups is 1. The van der Waals surface area contributed by atoms with Gasteiger partial charge in [-0.05, 0) is 31.2 Å². The van der Waals surface area contributed by atoms with Crippen LogP contribution in [0.5, 0.6) is 11.5 Å². The normalized spacial score (nSPS) is 13.0. The van der Waals surface area contributed by atoms with Crippen molar-refractivity contribution in [3.8, 4) is 11.5 Å². The lowest BCUT2D eigenvalue weighted by atomic mass is 10.3. The van der Waals surface area contributed by atoms with Crippen LogP contribution >= 0.6 is 0 Å². The average molecular weight is 332 g/mol. The first kappa shape index (κ1) is 17.0. The summed E-state index contributed by atoms with van der Waals surface area (Å²) >= 11 is 0. The Kier molecular flexibility index (Phi) is 6.17. The minimum Gasteiger partial charge on any atom is -0.455 e. The molecule has 0 unspecified atom stereocenters. The van der Waals surface area contributed by atoms with Crippen LogP contribution in [0.4, 0.5) is 10.5 Å². The van der Waals surface area contributed by atoms with E-state index in [9.17, 15) is 9.00 Å². The third-order valence-corrected chi connectivity index (χ3v) is 3.94. The summed E-state index contributed by atoms with van der Waals surface area (Å²) in [6.45, 7) is 1.81. The van der Waals surface area contributed by atoms with Crippen molar-refractivity contribution < 1.29 is 13.7 Å². The Hall–Kier alpha value is -2.34. The molecule has 0 bridgehead atoms. The molecule has 0 aromatic heterocycles. The number of amides is 2. The summed E-state index contributed by atoms with van der Waals surface area (Å²) in [5.41, 5.74) is 0.568. The number of carbonyl (C=O) groups excluding carboxylic acids is 1. The molecule has 23 heavy (non-hydrogen) atoms. The van der Waals surface area contributed by atoms with Gasteiger partial charge in [0.05, 0.1) is 5.69 Å². The zero-order chi connectivity index (χ0) is 16.7. The second-order valence-electron chi connectivity index (χ2n) is 5.15. The summed E-state index contributed by atoms with van der Waals surface area (Å²) in [6.07, 6.45) is 1.61. The molecule has 2 aromatic rings. The third kappa shape index (κ3) is 5.75. The zero-order valence-corrected chi connectivity index (χ0v) is 13.9. The lowest BCUT2D eigenvalue weighted by molar-refractivity contribution is 0.250. The molecule has 0 saturated heterocycles. The molecular formula is C17H20N2O3S. The lowest BCUT2D eigenvalue weighted by Gasteiger charge is -2.15. The Morgan fingerprint density at radius 3 is 2.48 bits per heavy atom. The van der Waals surface area contributed by atoms with E-state index in [2.05, 4.69) is 10.6 Å². The first-order valence-corrected chi connectivity index (χ1v) is 8.97. The van der Waals surface area contributed by atoms with E-state index in [1.165, 1.54) is 0 Å². The molecule has 2 atom stereocenters. The SMILES string of the molecule is C[C@@H](C[S@@](C)=O)NC(=O)Nc1ccccc1Oc1ccccc1. The number of anilines is 1. The third-order valence-electron chi connectivity index (χ3n) is 2.97. The number of hydrogen-bond acceptors (Lipinski definition) is 3. The Balaban J connectivity index is 2.02. The summed E-state index contributed by atoms with van der Waals surface area (Å²) in [7, 11) is -0.957. The number of urea groups is 1. The van der Waals surface area contributed by atoms with Gasteiger partial charge < -0.3 is 15.4 Å². The monoisotopic (exact) mass is 332 g/mol. The molecule has 0 heterocycles. The number of benzene rings is 2. The first-order valence-electron chi connectivity index (χ1n) is 7.24. The molecule has 2 aromatic carbocycles. The summed E-state index contributed by atoms with van der Waals surface area (Å²) in [5, 5.41) is 5.51. The first-order chi connectivity index (χ1) is 11.0. The van der Waals surface area contributed by atoms with Crippen LogP contribution in [0.3, 0.4) is 0 Å². The van der Waals surface area contributed by atoms with E-state index >= 15 is 0 Å². The van der Waals surface area contributed by atoms with Crippen LogP contribution in [-0.4, -0.2) is 28.3 Å². The van der Waals surface area contributed by atoms with Gasteiger partial charge in [0.1, 0.15) is 5.75 Å². The highest BCUT2D eigenvalue weighted by Gasteiger charge is 2.11. The fourth-order valence-corrected chi connectivity index (χ4v) is 2.84. The van der Waals surface area contributed by atoms with Gasteiger partial charge in [0, 0.05) is 28.9 Å². The van der Waals surface area contributed by atoms with E-state index < -0.39 is 10.8 Å². The highest BCUT2D eigenvalue weighted by molar-refractivity contribution is 7.84. The van der Waals surface area contributed by atoms with Gasteiger partial charge in [0.2, 0.25) is 0 Å². The van der Waals surface area contributed by atoms with Gasteiger partial charge in [-0.1, -0.05) is 30.3 Å². The molecule has 0 radical (unpaired) electrons. The van der Waals surface area contributed by atoms with Gasteiger partial charge in [-0.3, -0.25) is 4.21 Å². The van der Waals surface area contributed by atoms with Crippen molar-refractivity contribution in [2.75, 3.05) is 17.3 Å². The molecule has 5 nitrogen and oxygen atoms in total. The van der Waals surface area contributed by atoms with Crippen molar-refractivity contribution >= 4 is 22.5 Å². The smallest absolute Gasteiger partial charge is 0.319 e. The highest BCUT2D eigenvalue weighted by atomic mass is 32.2. The quantitative estimate of drug-likeness (QED) is 0.852. The molecule has 0 spiro atoms. The standard InChI is InChI=1S/C17H20N2O3S/c1-13(12-23(2)21)18-17(20)19-15-10-6-7-11-16(15)22-14-8-4-3-5-9-14/h3-11,13H,12H2,1-2H3,(H2,18,19,20)/t13-,23+/m0/s1.